The molecule has 9 heteroatoms. The molecule has 0 aliphatic carbocycles. The van der Waals surface area contributed by atoms with Gasteiger partial charge in [0.1, 0.15) is 13.2 Å². The monoisotopic (exact) mass is 1140 g/mol. The quantitative estimate of drug-likeness (QED) is 0.0211. The number of hydrogen-bond acceptors (Lipinski definition) is 7. The van der Waals surface area contributed by atoms with Crippen LogP contribution in [0, 0.1) is 0 Å². The summed E-state index contributed by atoms with van der Waals surface area (Å²) in [4.78, 5) is 37.5. The summed E-state index contributed by atoms with van der Waals surface area (Å²) in [6, 6.07) is 0. The van der Waals surface area contributed by atoms with Gasteiger partial charge >= 0.3 is 17.9 Å². The van der Waals surface area contributed by atoms with E-state index in [1.807, 2.05) is 21.1 Å². The molecule has 0 aromatic heterocycles. The number of likely N-dealkylation sites (N-methyl/N-ethyl adjacent to an activating group) is 1. The molecule has 0 saturated heterocycles. The van der Waals surface area contributed by atoms with Gasteiger partial charge in [0.25, 0.3) is 6.29 Å². The van der Waals surface area contributed by atoms with E-state index in [0.29, 0.717) is 23.9 Å². The lowest BCUT2D eigenvalue weighted by Gasteiger charge is -2.25. The molecule has 0 bridgehead atoms. The number of aliphatic carboxylic acids is 1. The van der Waals surface area contributed by atoms with Gasteiger partial charge in [-0.3, -0.25) is 9.59 Å². The van der Waals surface area contributed by atoms with Crippen molar-refractivity contribution < 1.29 is 42.9 Å². The van der Waals surface area contributed by atoms with Crippen LogP contribution in [0.3, 0.4) is 0 Å². The summed E-state index contributed by atoms with van der Waals surface area (Å²) in [7, 11) is 5.93. The number of ether oxygens (including phenoxy) is 4. The first kappa shape index (κ1) is 77.1. The number of esters is 2. The van der Waals surface area contributed by atoms with Crippen LogP contribution in [-0.2, 0) is 33.3 Å². The highest BCUT2D eigenvalue weighted by atomic mass is 16.7. The van der Waals surface area contributed by atoms with Crippen molar-refractivity contribution in [2.24, 2.45) is 0 Å². The van der Waals surface area contributed by atoms with E-state index in [9.17, 15) is 19.5 Å². The molecule has 83 heavy (non-hydrogen) atoms. The van der Waals surface area contributed by atoms with Crippen LogP contribution in [0.4, 0.5) is 0 Å². The Morgan fingerprint density at radius 3 is 0.976 bits per heavy atom. The maximum absolute atomic E-state index is 12.9. The highest BCUT2D eigenvalue weighted by Crippen LogP contribution is 2.12. The molecule has 0 aromatic rings. The molecule has 0 aliphatic rings. The smallest absolute Gasteiger partial charge is 0.361 e. The van der Waals surface area contributed by atoms with Crippen LogP contribution in [0.1, 0.15) is 194 Å². The molecule has 0 heterocycles. The second kappa shape index (κ2) is 62.2. The molecule has 2 unspecified atom stereocenters. The van der Waals surface area contributed by atoms with E-state index in [1.54, 1.807) is 0 Å². The van der Waals surface area contributed by atoms with Gasteiger partial charge < -0.3 is 28.5 Å². The Balaban J connectivity index is 4.36. The second-order valence-electron chi connectivity index (χ2n) is 21.2. The fourth-order valence-electron chi connectivity index (χ4n) is 7.57. The number of carbonyl (C=O) groups excluding carboxylic acids is 2. The minimum absolute atomic E-state index is 0.165. The summed E-state index contributed by atoms with van der Waals surface area (Å²) >= 11 is 0. The third-order valence-electron chi connectivity index (χ3n) is 12.3. The van der Waals surface area contributed by atoms with Gasteiger partial charge in [0, 0.05) is 12.8 Å². The van der Waals surface area contributed by atoms with E-state index >= 15 is 0 Å². The van der Waals surface area contributed by atoms with Crippen molar-refractivity contribution in [1.29, 1.82) is 0 Å². The molecule has 0 aromatic carbocycles. The van der Waals surface area contributed by atoms with Gasteiger partial charge in [-0.15, -0.1) is 0 Å². The van der Waals surface area contributed by atoms with Gasteiger partial charge in [0.05, 0.1) is 34.4 Å². The number of carboxylic acid groups (broad SMARTS) is 1. The molecule has 0 rings (SSSR count). The summed E-state index contributed by atoms with van der Waals surface area (Å²) < 4.78 is 22.8. The average molecular weight is 1150 g/mol. The summed E-state index contributed by atoms with van der Waals surface area (Å²) in [6.07, 6.45) is 93.8. The average Bonchev–Trinajstić information content (AvgIpc) is 3.46. The Kier molecular flexibility index (Phi) is 57.8. The van der Waals surface area contributed by atoms with Crippen molar-refractivity contribution in [2.75, 3.05) is 47.5 Å². The van der Waals surface area contributed by atoms with Gasteiger partial charge in [-0.25, -0.2) is 4.79 Å². The summed E-state index contributed by atoms with van der Waals surface area (Å²) in [6.45, 7) is 4.55. The molecule has 462 valence electrons. The molecule has 0 amide bonds. The molecular weight excluding hydrogens is 1030 g/mol. The van der Waals surface area contributed by atoms with Crippen molar-refractivity contribution in [3.8, 4) is 0 Å². The molecule has 9 nitrogen and oxygen atoms in total. The van der Waals surface area contributed by atoms with Crippen LogP contribution < -0.4 is 0 Å². The largest absolute Gasteiger partial charge is 0.477 e. The zero-order valence-electron chi connectivity index (χ0n) is 52.5. The van der Waals surface area contributed by atoms with E-state index < -0.39 is 24.3 Å². The topological polar surface area (TPSA) is 108 Å². The maximum Gasteiger partial charge on any atom is 0.361 e. The number of carboxylic acids is 1. The Hall–Kier alpha value is -5.87. The number of hydrogen-bond donors (Lipinski definition) is 1. The third kappa shape index (κ3) is 63.6. The number of rotatable bonds is 55. The van der Waals surface area contributed by atoms with Crippen molar-refractivity contribution in [3.05, 3.63) is 194 Å². The van der Waals surface area contributed by atoms with Gasteiger partial charge in [-0.05, 0) is 141 Å². The lowest BCUT2D eigenvalue weighted by Crippen LogP contribution is -2.40. The van der Waals surface area contributed by atoms with E-state index in [0.717, 1.165) is 154 Å². The first-order chi connectivity index (χ1) is 40.6. The zero-order chi connectivity index (χ0) is 60.5. The number of allylic oxidation sites excluding steroid dienone is 32. The van der Waals surface area contributed by atoms with Crippen LogP contribution in [0.25, 0.3) is 0 Å². The van der Waals surface area contributed by atoms with E-state index in [1.165, 1.54) is 0 Å². The Bertz CT molecular complexity index is 2060. The van der Waals surface area contributed by atoms with Gasteiger partial charge in [0.15, 0.2) is 6.10 Å². The molecule has 0 radical (unpaired) electrons. The minimum Gasteiger partial charge on any atom is -0.477 e. The van der Waals surface area contributed by atoms with Crippen molar-refractivity contribution in [2.45, 2.75) is 206 Å². The third-order valence-corrected chi connectivity index (χ3v) is 12.3. The predicted octanol–water partition coefficient (Wildman–Crippen LogP) is 19.5. The lowest BCUT2D eigenvalue weighted by atomic mass is 10.1. The van der Waals surface area contributed by atoms with Crippen molar-refractivity contribution >= 4 is 17.9 Å². The number of nitrogens with zero attached hydrogens (tertiary/aromatic N) is 1. The van der Waals surface area contributed by atoms with Crippen LogP contribution in [-0.4, -0.2) is 87.4 Å². The first-order valence-corrected chi connectivity index (χ1v) is 31.6. The molecule has 0 spiro atoms. The molecule has 0 fully saturated rings. The van der Waals surface area contributed by atoms with Gasteiger partial charge in [-0.2, -0.15) is 0 Å². The van der Waals surface area contributed by atoms with Crippen molar-refractivity contribution in [3.63, 3.8) is 0 Å². The second-order valence-corrected chi connectivity index (χ2v) is 21.2. The Morgan fingerprint density at radius 2 is 0.651 bits per heavy atom. The summed E-state index contributed by atoms with van der Waals surface area (Å²) in [5.74, 6) is -2.11. The molecular formula is C74H114NO8+. The maximum atomic E-state index is 12.9. The van der Waals surface area contributed by atoms with E-state index in [4.69, 9.17) is 18.9 Å². The number of carbonyl (C=O) groups is 3. The fraction of sp³-hybridized carbons (Fsp3) is 0.527. The number of quaternary nitrogens is 1. The SMILES string of the molecule is CC/C=C\C/C=C\C/C=C\C/C=C\C/C=C\C/C=C\C/C=C\C/C=C\C/C=C\C/C=C\C/C=C\CCCCCC(=O)OC(COC(=O)CCCCCCC/C=C\C/C=C\C/C=C\C/C=C\C/C=C\CC)COC(OCC[N+](C)(C)C)C(=O)O. The number of unbranched alkanes of at least 4 members (excludes halogenated alkanes) is 8. The normalized spacial score (nSPS) is 14.1. The zero-order valence-corrected chi connectivity index (χ0v) is 52.5. The first-order valence-electron chi connectivity index (χ1n) is 31.6. The molecule has 1 N–H and O–H groups in total. The van der Waals surface area contributed by atoms with Crippen molar-refractivity contribution in [1.82, 2.24) is 0 Å². The Morgan fingerprint density at radius 1 is 0.361 bits per heavy atom. The van der Waals surface area contributed by atoms with E-state index in [2.05, 4.69) is 208 Å². The fourth-order valence-corrected chi connectivity index (χ4v) is 7.57. The predicted molar refractivity (Wildman–Crippen MR) is 354 cm³/mol. The van der Waals surface area contributed by atoms with E-state index in [-0.39, 0.29) is 38.6 Å². The van der Waals surface area contributed by atoms with Crippen LogP contribution in [0.2, 0.25) is 0 Å². The Labute approximate surface area is 506 Å². The minimum atomic E-state index is -1.54. The van der Waals surface area contributed by atoms with Gasteiger partial charge in [-0.1, -0.05) is 234 Å². The standard InChI is InChI=1S/C74H113NO8/c1-6-8-10-12-14-16-18-20-22-24-26-28-29-30-31-32-33-34-35-36-37-38-39-40-41-42-43-45-47-49-51-53-55-57-59-61-63-65-72(77)83-70(69-82-74(73(78)79)80-67-66-75(3,4)5)68-81-71(76)64-62-60-58-56-54-52-50-48-46-44-27-25-23-21-19-17-15-13-11-9-7-2/h8-11,14-17,20-23,26-28,30-31,33-34,36-37,39-40,42-44,47-50,53,55,70,74H,6-7,12-13,18-19,24-25,29,32,35,38,41,45-46,51-52,54,56-69H2,1-5H3/p+1/b10-8-,11-9-,16-14-,17-15-,22-20-,23-21-,28-26-,31-30-,34-33-,37-36-,40-39-,43-42-,44-27-,49-47-,50-48-,55-53-. The van der Waals surface area contributed by atoms with Crippen LogP contribution >= 0.6 is 0 Å². The van der Waals surface area contributed by atoms with Crippen LogP contribution in [0.5, 0.6) is 0 Å². The molecule has 0 saturated carbocycles. The van der Waals surface area contributed by atoms with Gasteiger partial charge in [0.2, 0.25) is 0 Å². The summed E-state index contributed by atoms with van der Waals surface area (Å²) in [5, 5.41) is 9.72. The van der Waals surface area contributed by atoms with Crippen LogP contribution in [0.15, 0.2) is 194 Å². The summed E-state index contributed by atoms with van der Waals surface area (Å²) in [5.41, 5.74) is 0. The molecule has 0 aliphatic heterocycles. The highest BCUT2D eigenvalue weighted by Gasteiger charge is 2.25. The molecule has 2 atom stereocenters. The highest BCUT2D eigenvalue weighted by molar-refractivity contribution is 5.71. The lowest BCUT2D eigenvalue weighted by molar-refractivity contribution is -0.870.